The van der Waals surface area contributed by atoms with Crippen molar-refractivity contribution < 1.29 is 14.3 Å². The Bertz CT molecular complexity index is 419. The zero-order valence-corrected chi connectivity index (χ0v) is 9.79. The van der Waals surface area contributed by atoms with Crippen molar-refractivity contribution in [1.82, 2.24) is 0 Å². The highest BCUT2D eigenvalue weighted by molar-refractivity contribution is 5.83. The molecule has 0 atom stereocenters. The normalized spacial score (nSPS) is 18.0. The maximum atomic E-state index is 13.2. The average molecular weight is 237 g/mol. The van der Waals surface area contributed by atoms with E-state index in [2.05, 4.69) is 5.32 Å². The lowest BCUT2D eigenvalue weighted by molar-refractivity contribution is -0.142. The monoisotopic (exact) mass is 237 g/mol. The predicted molar refractivity (Wildman–Crippen MR) is 63.6 cm³/mol. The van der Waals surface area contributed by atoms with E-state index in [1.807, 2.05) is 0 Å². The summed E-state index contributed by atoms with van der Waals surface area (Å²) in [6, 6.07) is 4.54. The number of hydrogen-bond donors (Lipinski definition) is 2. The number of halogens is 1. The SMILES string of the molecule is Cc1cc(F)cc(NC2(C(=O)O)CCCC2)c1. The highest BCUT2D eigenvalue weighted by Gasteiger charge is 2.41. The molecule has 3 nitrogen and oxygen atoms in total. The van der Waals surface area contributed by atoms with Gasteiger partial charge in [-0.05, 0) is 43.5 Å². The fourth-order valence-corrected chi connectivity index (χ4v) is 2.46. The van der Waals surface area contributed by atoms with Gasteiger partial charge in [0.1, 0.15) is 11.4 Å². The first-order chi connectivity index (χ1) is 8.02. The van der Waals surface area contributed by atoms with Crippen LogP contribution in [0.1, 0.15) is 31.2 Å². The Morgan fingerprint density at radius 1 is 1.35 bits per heavy atom. The van der Waals surface area contributed by atoms with Crippen LogP contribution in [0.2, 0.25) is 0 Å². The van der Waals surface area contributed by atoms with Crippen LogP contribution in [0.5, 0.6) is 0 Å². The van der Waals surface area contributed by atoms with Crippen molar-refractivity contribution in [2.75, 3.05) is 5.32 Å². The van der Waals surface area contributed by atoms with Gasteiger partial charge < -0.3 is 10.4 Å². The van der Waals surface area contributed by atoms with Crippen LogP contribution >= 0.6 is 0 Å². The third-order valence-corrected chi connectivity index (χ3v) is 3.29. The third-order valence-electron chi connectivity index (χ3n) is 3.29. The average Bonchev–Trinajstić information content (AvgIpc) is 2.65. The van der Waals surface area contributed by atoms with Crippen LogP contribution in [0.25, 0.3) is 0 Å². The number of nitrogens with one attached hydrogen (secondary N) is 1. The number of carboxylic acids is 1. The van der Waals surface area contributed by atoms with Crippen LogP contribution in [0.15, 0.2) is 18.2 Å². The van der Waals surface area contributed by atoms with Crippen LogP contribution in [0, 0.1) is 12.7 Å². The van der Waals surface area contributed by atoms with Gasteiger partial charge >= 0.3 is 5.97 Å². The molecule has 0 aromatic heterocycles. The van der Waals surface area contributed by atoms with Crippen LogP contribution in [0.3, 0.4) is 0 Å². The van der Waals surface area contributed by atoms with E-state index in [1.54, 1.807) is 13.0 Å². The van der Waals surface area contributed by atoms with Gasteiger partial charge in [-0.2, -0.15) is 0 Å². The molecular weight excluding hydrogens is 221 g/mol. The molecule has 1 aliphatic carbocycles. The van der Waals surface area contributed by atoms with Gasteiger partial charge in [0.2, 0.25) is 0 Å². The van der Waals surface area contributed by atoms with Crippen molar-refractivity contribution in [2.45, 2.75) is 38.1 Å². The van der Waals surface area contributed by atoms with Crippen molar-refractivity contribution in [1.29, 1.82) is 0 Å². The second-order valence-corrected chi connectivity index (χ2v) is 4.74. The zero-order valence-electron chi connectivity index (χ0n) is 9.79. The maximum absolute atomic E-state index is 13.2. The fourth-order valence-electron chi connectivity index (χ4n) is 2.46. The summed E-state index contributed by atoms with van der Waals surface area (Å²) < 4.78 is 13.2. The van der Waals surface area contributed by atoms with Crippen LogP contribution in [-0.2, 0) is 4.79 Å². The van der Waals surface area contributed by atoms with Gasteiger partial charge in [-0.1, -0.05) is 12.8 Å². The smallest absolute Gasteiger partial charge is 0.329 e. The van der Waals surface area contributed by atoms with E-state index in [-0.39, 0.29) is 5.82 Å². The molecule has 1 fully saturated rings. The van der Waals surface area contributed by atoms with Gasteiger partial charge in [-0.25, -0.2) is 9.18 Å². The Morgan fingerprint density at radius 3 is 2.53 bits per heavy atom. The van der Waals surface area contributed by atoms with Crippen molar-refractivity contribution in [3.8, 4) is 0 Å². The van der Waals surface area contributed by atoms with E-state index in [1.165, 1.54) is 12.1 Å². The molecule has 0 radical (unpaired) electrons. The Labute approximate surface area is 99.7 Å². The standard InChI is InChI=1S/C13H16FNO2/c1-9-6-10(14)8-11(7-9)15-13(12(16)17)4-2-3-5-13/h6-8,15H,2-5H2,1H3,(H,16,17). The molecule has 0 unspecified atom stereocenters. The van der Waals surface area contributed by atoms with Crippen LogP contribution in [0.4, 0.5) is 10.1 Å². The van der Waals surface area contributed by atoms with E-state index in [4.69, 9.17) is 0 Å². The summed E-state index contributed by atoms with van der Waals surface area (Å²) >= 11 is 0. The molecule has 1 aromatic rings. The first-order valence-corrected chi connectivity index (χ1v) is 5.81. The number of carboxylic acid groups (broad SMARTS) is 1. The van der Waals surface area contributed by atoms with Crippen molar-refractivity contribution in [2.24, 2.45) is 0 Å². The first kappa shape index (κ1) is 11.9. The minimum absolute atomic E-state index is 0.342. The van der Waals surface area contributed by atoms with E-state index in [0.29, 0.717) is 18.5 Å². The van der Waals surface area contributed by atoms with Gasteiger partial charge in [-0.15, -0.1) is 0 Å². The number of aliphatic carboxylic acids is 1. The number of hydrogen-bond acceptors (Lipinski definition) is 2. The van der Waals surface area contributed by atoms with E-state index >= 15 is 0 Å². The number of anilines is 1. The summed E-state index contributed by atoms with van der Waals surface area (Å²) in [5.74, 6) is -1.19. The lowest BCUT2D eigenvalue weighted by Gasteiger charge is -2.26. The highest BCUT2D eigenvalue weighted by atomic mass is 19.1. The molecular formula is C13H16FNO2. The molecule has 1 saturated carbocycles. The summed E-state index contributed by atoms with van der Waals surface area (Å²) in [6.45, 7) is 1.79. The summed E-state index contributed by atoms with van der Waals surface area (Å²) in [5, 5.41) is 12.3. The minimum atomic E-state index is -0.916. The molecule has 92 valence electrons. The summed E-state index contributed by atoms with van der Waals surface area (Å²) in [6.07, 6.45) is 2.98. The number of rotatable bonds is 3. The second-order valence-electron chi connectivity index (χ2n) is 4.74. The molecule has 2 N–H and O–H groups in total. The Morgan fingerprint density at radius 2 is 2.00 bits per heavy atom. The Kier molecular flexibility index (Phi) is 3.05. The molecule has 17 heavy (non-hydrogen) atoms. The molecule has 0 heterocycles. The fraction of sp³-hybridized carbons (Fsp3) is 0.462. The molecule has 0 amide bonds. The quantitative estimate of drug-likeness (QED) is 0.849. The maximum Gasteiger partial charge on any atom is 0.329 e. The van der Waals surface area contributed by atoms with Crippen molar-refractivity contribution >= 4 is 11.7 Å². The Hall–Kier alpha value is -1.58. The van der Waals surface area contributed by atoms with Gasteiger partial charge in [0.25, 0.3) is 0 Å². The zero-order chi connectivity index (χ0) is 12.5. The number of benzene rings is 1. The van der Waals surface area contributed by atoms with Crippen LogP contribution in [-0.4, -0.2) is 16.6 Å². The van der Waals surface area contributed by atoms with Crippen molar-refractivity contribution in [3.63, 3.8) is 0 Å². The summed E-state index contributed by atoms with van der Waals surface area (Å²) in [4.78, 5) is 11.3. The van der Waals surface area contributed by atoms with Gasteiger partial charge in [0.15, 0.2) is 0 Å². The Balaban J connectivity index is 2.26. The molecule has 0 spiro atoms. The van der Waals surface area contributed by atoms with Crippen LogP contribution < -0.4 is 5.32 Å². The third kappa shape index (κ3) is 2.40. The van der Waals surface area contributed by atoms with E-state index < -0.39 is 11.5 Å². The topological polar surface area (TPSA) is 49.3 Å². The largest absolute Gasteiger partial charge is 0.480 e. The molecule has 2 rings (SSSR count). The molecule has 0 saturated heterocycles. The number of carbonyl (C=O) groups is 1. The van der Waals surface area contributed by atoms with E-state index in [0.717, 1.165) is 18.4 Å². The number of aryl methyl sites for hydroxylation is 1. The molecule has 0 bridgehead atoms. The lowest BCUT2D eigenvalue weighted by atomic mass is 9.97. The highest BCUT2D eigenvalue weighted by Crippen LogP contribution is 2.33. The van der Waals surface area contributed by atoms with Gasteiger partial charge in [-0.3, -0.25) is 0 Å². The lowest BCUT2D eigenvalue weighted by Crippen LogP contribution is -2.43. The minimum Gasteiger partial charge on any atom is -0.480 e. The van der Waals surface area contributed by atoms with Gasteiger partial charge in [0.05, 0.1) is 0 Å². The molecule has 0 aliphatic heterocycles. The molecule has 1 aliphatic rings. The molecule has 4 heteroatoms. The molecule has 1 aromatic carbocycles. The first-order valence-electron chi connectivity index (χ1n) is 5.81. The van der Waals surface area contributed by atoms with Crippen molar-refractivity contribution in [3.05, 3.63) is 29.6 Å². The van der Waals surface area contributed by atoms with E-state index in [9.17, 15) is 14.3 Å². The predicted octanol–water partition coefficient (Wildman–Crippen LogP) is 2.94. The summed E-state index contributed by atoms with van der Waals surface area (Å²) in [7, 11) is 0. The second kappa shape index (κ2) is 4.35. The summed E-state index contributed by atoms with van der Waals surface area (Å²) in [5.41, 5.74) is 0.415. The van der Waals surface area contributed by atoms with Gasteiger partial charge in [0, 0.05) is 5.69 Å².